The Hall–Kier alpha value is -0.520. The molecule has 2 nitrogen and oxygen atoms in total. The van der Waals surface area contributed by atoms with Crippen molar-refractivity contribution >= 4 is 0 Å². The maximum atomic E-state index is 8.97. The summed E-state index contributed by atoms with van der Waals surface area (Å²) in [7, 11) is 0. The molecule has 0 aromatic rings. The molecule has 56 valence electrons. The van der Waals surface area contributed by atoms with E-state index in [-0.39, 0.29) is 11.6 Å². The van der Waals surface area contributed by atoms with Crippen LogP contribution in [0.25, 0.3) is 0 Å². The van der Waals surface area contributed by atoms with E-state index in [1.54, 1.807) is 0 Å². The Kier molecular flexibility index (Phi) is 1.72. The summed E-state index contributed by atoms with van der Waals surface area (Å²) in [5, 5.41) is 8.97. The maximum absolute atomic E-state index is 8.97. The Morgan fingerprint density at radius 1 is 1.60 bits per heavy atom. The van der Waals surface area contributed by atoms with Gasteiger partial charge in [-0.2, -0.15) is 0 Å². The smallest absolute Gasteiger partial charge is 0.0794 e. The summed E-state index contributed by atoms with van der Waals surface area (Å²) in [6.45, 7) is 5.41. The largest absolute Gasteiger partial charge is 0.390 e. The van der Waals surface area contributed by atoms with Crippen molar-refractivity contribution in [2.45, 2.75) is 25.5 Å². The van der Waals surface area contributed by atoms with Gasteiger partial charge in [0.05, 0.1) is 11.6 Å². The Bertz CT molecular complexity index is 163. The number of rotatable bonds is 1. The van der Waals surface area contributed by atoms with Crippen LogP contribution in [0.2, 0.25) is 0 Å². The van der Waals surface area contributed by atoms with E-state index in [1.807, 2.05) is 13.8 Å². The first-order valence-corrected chi connectivity index (χ1v) is 3.47. The first kappa shape index (κ1) is 7.59. The molecule has 1 aliphatic heterocycles. The standard InChI is InChI=1S/C8H13NO/c1-4-8(2,3)9-5-7(10)6-9/h1,7,10H,5-6H2,2-3H3. The third-order valence-electron chi connectivity index (χ3n) is 2.01. The molecule has 0 aliphatic carbocycles. The summed E-state index contributed by atoms with van der Waals surface area (Å²) >= 11 is 0. The van der Waals surface area contributed by atoms with Gasteiger partial charge in [-0.05, 0) is 13.8 Å². The van der Waals surface area contributed by atoms with Gasteiger partial charge in [0.25, 0.3) is 0 Å². The minimum Gasteiger partial charge on any atom is -0.390 e. The number of aliphatic hydroxyl groups is 1. The van der Waals surface area contributed by atoms with Gasteiger partial charge in [0, 0.05) is 13.1 Å². The van der Waals surface area contributed by atoms with E-state index < -0.39 is 0 Å². The predicted molar refractivity (Wildman–Crippen MR) is 40.5 cm³/mol. The van der Waals surface area contributed by atoms with Crippen molar-refractivity contribution in [1.29, 1.82) is 0 Å². The van der Waals surface area contributed by atoms with Crippen LogP contribution < -0.4 is 0 Å². The summed E-state index contributed by atoms with van der Waals surface area (Å²) in [5.41, 5.74) is -0.181. The lowest BCUT2D eigenvalue weighted by atomic mass is 9.98. The molecule has 0 aromatic carbocycles. The van der Waals surface area contributed by atoms with Crippen molar-refractivity contribution in [3.63, 3.8) is 0 Å². The fraction of sp³-hybridized carbons (Fsp3) is 0.750. The maximum Gasteiger partial charge on any atom is 0.0794 e. The molecule has 0 aromatic heterocycles. The third-order valence-corrected chi connectivity index (χ3v) is 2.01. The van der Waals surface area contributed by atoms with Gasteiger partial charge in [-0.1, -0.05) is 5.92 Å². The van der Waals surface area contributed by atoms with Crippen molar-refractivity contribution in [3.05, 3.63) is 0 Å². The number of nitrogens with zero attached hydrogens (tertiary/aromatic N) is 1. The van der Waals surface area contributed by atoms with E-state index in [2.05, 4.69) is 10.8 Å². The van der Waals surface area contributed by atoms with Crippen LogP contribution in [0, 0.1) is 12.3 Å². The molecule has 0 saturated carbocycles. The third kappa shape index (κ3) is 1.16. The average Bonchev–Trinajstić information content (AvgIpc) is 1.81. The van der Waals surface area contributed by atoms with Crippen LogP contribution in [0.5, 0.6) is 0 Å². The molecule has 1 rings (SSSR count). The van der Waals surface area contributed by atoms with E-state index >= 15 is 0 Å². The lowest BCUT2D eigenvalue weighted by Gasteiger charge is -2.44. The molecule has 2 heteroatoms. The van der Waals surface area contributed by atoms with Crippen LogP contribution in [-0.4, -0.2) is 34.7 Å². The van der Waals surface area contributed by atoms with E-state index in [9.17, 15) is 0 Å². The monoisotopic (exact) mass is 139 g/mol. The zero-order valence-corrected chi connectivity index (χ0v) is 6.46. The van der Waals surface area contributed by atoms with E-state index in [0.717, 1.165) is 13.1 Å². The number of terminal acetylenes is 1. The molecule has 1 fully saturated rings. The minimum absolute atomic E-state index is 0.160. The molecule has 0 atom stereocenters. The summed E-state index contributed by atoms with van der Waals surface area (Å²) in [4.78, 5) is 2.08. The second kappa shape index (κ2) is 2.26. The number of hydrogen-bond acceptors (Lipinski definition) is 2. The van der Waals surface area contributed by atoms with Gasteiger partial charge in [0.2, 0.25) is 0 Å². The van der Waals surface area contributed by atoms with Gasteiger partial charge in [-0.15, -0.1) is 6.42 Å². The molecule has 0 bridgehead atoms. The summed E-state index contributed by atoms with van der Waals surface area (Å²) in [5.74, 6) is 2.68. The van der Waals surface area contributed by atoms with Crippen molar-refractivity contribution in [2.24, 2.45) is 0 Å². The fourth-order valence-electron chi connectivity index (χ4n) is 1.00. The molecule has 1 aliphatic rings. The van der Waals surface area contributed by atoms with Crippen molar-refractivity contribution < 1.29 is 5.11 Å². The van der Waals surface area contributed by atoms with E-state index in [4.69, 9.17) is 11.5 Å². The molecule has 10 heavy (non-hydrogen) atoms. The molecule has 0 spiro atoms. The van der Waals surface area contributed by atoms with Gasteiger partial charge in [0.1, 0.15) is 0 Å². The van der Waals surface area contributed by atoms with Crippen LogP contribution in [0.4, 0.5) is 0 Å². The van der Waals surface area contributed by atoms with Crippen LogP contribution >= 0.6 is 0 Å². The molecular weight excluding hydrogens is 126 g/mol. The van der Waals surface area contributed by atoms with Crippen LogP contribution in [0.15, 0.2) is 0 Å². The lowest BCUT2D eigenvalue weighted by Crippen LogP contribution is -2.59. The molecule has 1 N–H and O–H groups in total. The van der Waals surface area contributed by atoms with Gasteiger partial charge in [0.15, 0.2) is 0 Å². The Labute approximate surface area is 61.8 Å². The van der Waals surface area contributed by atoms with E-state index in [0.29, 0.717) is 0 Å². The van der Waals surface area contributed by atoms with Crippen LogP contribution in [0.1, 0.15) is 13.8 Å². The summed E-state index contributed by atoms with van der Waals surface area (Å²) in [6.07, 6.45) is 5.13. The average molecular weight is 139 g/mol. The molecule has 0 unspecified atom stereocenters. The van der Waals surface area contributed by atoms with Gasteiger partial charge < -0.3 is 5.11 Å². The number of hydrogen-bond donors (Lipinski definition) is 1. The van der Waals surface area contributed by atoms with Gasteiger partial charge in [-0.25, -0.2) is 0 Å². The Morgan fingerprint density at radius 3 is 2.40 bits per heavy atom. The Balaban J connectivity index is 2.46. The van der Waals surface area contributed by atoms with Crippen molar-refractivity contribution in [3.8, 4) is 12.3 Å². The summed E-state index contributed by atoms with van der Waals surface area (Å²) < 4.78 is 0. The zero-order chi connectivity index (χ0) is 7.78. The molecule has 0 amide bonds. The highest BCUT2D eigenvalue weighted by molar-refractivity contribution is 5.11. The fourth-order valence-corrected chi connectivity index (χ4v) is 1.00. The summed E-state index contributed by atoms with van der Waals surface area (Å²) in [6, 6.07) is 0. The number of likely N-dealkylation sites (tertiary alicyclic amines) is 1. The second-order valence-electron chi connectivity index (χ2n) is 3.26. The zero-order valence-electron chi connectivity index (χ0n) is 6.46. The van der Waals surface area contributed by atoms with E-state index in [1.165, 1.54) is 0 Å². The highest BCUT2D eigenvalue weighted by Gasteiger charge is 2.34. The second-order valence-corrected chi connectivity index (χ2v) is 3.26. The molecular formula is C8H13NO. The highest BCUT2D eigenvalue weighted by atomic mass is 16.3. The first-order valence-electron chi connectivity index (χ1n) is 3.47. The van der Waals surface area contributed by atoms with Crippen LogP contribution in [-0.2, 0) is 0 Å². The first-order chi connectivity index (χ1) is 4.56. The molecule has 0 radical (unpaired) electrons. The predicted octanol–water partition coefficient (Wildman–Crippen LogP) is 0.0747. The van der Waals surface area contributed by atoms with Crippen molar-refractivity contribution in [1.82, 2.24) is 4.90 Å². The number of aliphatic hydroxyl groups excluding tert-OH is 1. The highest BCUT2D eigenvalue weighted by Crippen LogP contribution is 2.20. The minimum atomic E-state index is -0.181. The molecule has 1 heterocycles. The quantitative estimate of drug-likeness (QED) is 0.520. The topological polar surface area (TPSA) is 23.5 Å². The van der Waals surface area contributed by atoms with Gasteiger partial charge >= 0.3 is 0 Å². The lowest BCUT2D eigenvalue weighted by molar-refractivity contribution is -0.0358. The van der Waals surface area contributed by atoms with Gasteiger partial charge in [-0.3, -0.25) is 4.90 Å². The van der Waals surface area contributed by atoms with Crippen LogP contribution in [0.3, 0.4) is 0 Å². The molecule has 1 saturated heterocycles. The Morgan fingerprint density at radius 2 is 2.10 bits per heavy atom. The van der Waals surface area contributed by atoms with Crippen molar-refractivity contribution in [2.75, 3.05) is 13.1 Å². The SMILES string of the molecule is C#CC(C)(C)N1CC(O)C1. The normalized spacial score (nSPS) is 21.8. The number of β-amino-alcohol motifs (C(OH)–C–C–N with tert-alkyl or cyclic N) is 1.